The number of thiophene rings is 1. The summed E-state index contributed by atoms with van der Waals surface area (Å²) in [6.07, 6.45) is 0. The molecular formula is C18H26IN3O3S2. The second-order valence-electron chi connectivity index (χ2n) is 6.04. The minimum absolute atomic E-state index is 0. The van der Waals surface area contributed by atoms with Gasteiger partial charge in [-0.1, -0.05) is 18.2 Å². The van der Waals surface area contributed by atoms with Crippen molar-refractivity contribution in [2.75, 3.05) is 25.4 Å². The van der Waals surface area contributed by atoms with Crippen molar-refractivity contribution in [2.24, 2.45) is 4.99 Å². The first-order valence-corrected chi connectivity index (χ1v) is 11.0. The molecule has 9 heteroatoms. The smallest absolute Gasteiger partial charge is 0.191 e. The molecule has 1 aromatic carbocycles. The number of rotatable bonds is 8. The predicted molar refractivity (Wildman–Crippen MR) is 122 cm³/mol. The number of sulfone groups is 1. The maximum absolute atomic E-state index is 12.3. The number of hydrogen-bond acceptors (Lipinski definition) is 5. The highest BCUT2D eigenvalue weighted by atomic mass is 127. The van der Waals surface area contributed by atoms with Crippen LogP contribution in [0.1, 0.15) is 19.4 Å². The van der Waals surface area contributed by atoms with Crippen molar-refractivity contribution in [3.8, 4) is 0 Å². The summed E-state index contributed by atoms with van der Waals surface area (Å²) in [5.41, 5.74) is -0.257. The molecule has 2 aromatic rings. The molecule has 3 N–H and O–H groups in total. The molecule has 1 unspecified atom stereocenters. The van der Waals surface area contributed by atoms with E-state index < -0.39 is 15.4 Å². The van der Waals surface area contributed by atoms with Crippen LogP contribution >= 0.6 is 35.3 Å². The van der Waals surface area contributed by atoms with Gasteiger partial charge in [-0.15, -0.1) is 24.0 Å². The van der Waals surface area contributed by atoms with E-state index in [2.05, 4.69) is 15.6 Å². The van der Waals surface area contributed by atoms with Crippen LogP contribution in [0.3, 0.4) is 0 Å². The van der Waals surface area contributed by atoms with Crippen molar-refractivity contribution in [2.45, 2.75) is 24.3 Å². The van der Waals surface area contributed by atoms with Crippen LogP contribution in [-0.4, -0.2) is 44.9 Å². The number of hydrogen-bond donors (Lipinski definition) is 3. The van der Waals surface area contributed by atoms with Gasteiger partial charge in [-0.3, -0.25) is 0 Å². The highest BCUT2D eigenvalue weighted by molar-refractivity contribution is 14.0. The first kappa shape index (κ1) is 23.9. The number of aliphatic imine (C=N–C) groups is 1. The number of aliphatic hydroxyl groups is 1. The fourth-order valence-corrected chi connectivity index (χ4v) is 4.25. The van der Waals surface area contributed by atoms with Crippen LogP contribution in [0, 0.1) is 0 Å². The van der Waals surface area contributed by atoms with Crippen molar-refractivity contribution in [3.63, 3.8) is 0 Å². The molecule has 1 aromatic heterocycles. The molecule has 0 fully saturated rings. The van der Waals surface area contributed by atoms with Gasteiger partial charge in [0.2, 0.25) is 0 Å². The number of guanidine groups is 1. The van der Waals surface area contributed by atoms with E-state index in [1.807, 2.05) is 23.8 Å². The monoisotopic (exact) mass is 523 g/mol. The summed E-state index contributed by atoms with van der Waals surface area (Å²) in [5.74, 6) is 0.439. The Morgan fingerprint density at radius 2 is 1.93 bits per heavy atom. The molecule has 6 nitrogen and oxygen atoms in total. The highest BCUT2D eigenvalue weighted by Crippen LogP contribution is 2.23. The van der Waals surface area contributed by atoms with E-state index in [1.165, 1.54) is 11.3 Å². The van der Waals surface area contributed by atoms with Gasteiger partial charge in [0.05, 0.1) is 17.2 Å². The van der Waals surface area contributed by atoms with Gasteiger partial charge < -0.3 is 15.7 Å². The zero-order valence-electron chi connectivity index (χ0n) is 15.4. The highest BCUT2D eigenvalue weighted by Gasteiger charge is 2.23. The number of halogens is 1. The van der Waals surface area contributed by atoms with Gasteiger partial charge in [-0.2, -0.15) is 11.3 Å². The fourth-order valence-electron chi connectivity index (χ4n) is 2.29. The Hall–Kier alpha value is -1.17. The topological polar surface area (TPSA) is 90.8 Å². The van der Waals surface area contributed by atoms with Gasteiger partial charge >= 0.3 is 0 Å². The standard InChI is InChI=1S/C18H25N3O3S2.HI/c1-3-19-17(21-14-18(2,22)15-9-11-25-13-15)20-10-12-26(23,24)16-7-5-4-6-8-16;/h4-9,11,13,22H,3,10,12,14H2,1-2H3,(H2,19,20,21);1H. The van der Waals surface area contributed by atoms with Crippen LogP contribution < -0.4 is 10.6 Å². The quantitative estimate of drug-likeness (QED) is 0.281. The van der Waals surface area contributed by atoms with E-state index in [0.29, 0.717) is 17.4 Å². The average molecular weight is 523 g/mol. The lowest BCUT2D eigenvalue weighted by Crippen LogP contribution is -2.40. The van der Waals surface area contributed by atoms with Crippen LogP contribution in [0.4, 0.5) is 0 Å². The molecule has 150 valence electrons. The van der Waals surface area contributed by atoms with Crippen molar-refractivity contribution in [1.29, 1.82) is 0 Å². The van der Waals surface area contributed by atoms with Crippen LogP contribution in [-0.2, 0) is 15.4 Å². The second-order valence-corrected chi connectivity index (χ2v) is 8.93. The Bertz CT molecular complexity index is 808. The molecule has 0 aliphatic heterocycles. The minimum Gasteiger partial charge on any atom is -0.383 e. The summed E-state index contributed by atoms with van der Waals surface area (Å²) in [5, 5.41) is 20.4. The summed E-state index contributed by atoms with van der Waals surface area (Å²) in [6, 6.07) is 10.2. The molecule has 2 rings (SSSR count). The summed E-state index contributed by atoms with van der Waals surface area (Å²) in [6.45, 7) is 4.67. The summed E-state index contributed by atoms with van der Waals surface area (Å²) >= 11 is 1.52. The minimum atomic E-state index is -3.34. The SMILES string of the molecule is CCNC(=NCC(C)(O)c1ccsc1)NCCS(=O)(=O)c1ccccc1.I. The van der Waals surface area contributed by atoms with Crippen LogP contribution in [0.5, 0.6) is 0 Å². The van der Waals surface area contributed by atoms with Gasteiger partial charge in [0.1, 0.15) is 5.60 Å². The third-order valence-electron chi connectivity index (χ3n) is 3.80. The van der Waals surface area contributed by atoms with Crippen molar-refractivity contribution < 1.29 is 13.5 Å². The number of benzene rings is 1. The first-order chi connectivity index (χ1) is 12.3. The van der Waals surface area contributed by atoms with E-state index in [1.54, 1.807) is 37.3 Å². The molecule has 0 spiro atoms. The average Bonchev–Trinajstić information content (AvgIpc) is 3.16. The van der Waals surface area contributed by atoms with Gasteiger partial charge in [0.25, 0.3) is 0 Å². The van der Waals surface area contributed by atoms with Crippen LogP contribution in [0.25, 0.3) is 0 Å². The van der Waals surface area contributed by atoms with E-state index in [0.717, 1.165) is 5.56 Å². The Kier molecular flexibility index (Phi) is 9.71. The normalized spacial score (nSPS) is 14.1. The number of nitrogens with zero attached hydrogens (tertiary/aromatic N) is 1. The molecule has 0 saturated heterocycles. The molecule has 1 atom stereocenters. The molecule has 0 aliphatic rings. The van der Waals surface area contributed by atoms with Gasteiger partial charge in [-0.25, -0.2) is 13.4 Å². The van der Waals surface area contributed by atoms with E-state index in [9.17, 15) is 13.5 Å². The Morgan fingerprint density at radius 3 is 2.52 bits per heavy atom. The van der Waals surface area contributed by atoms with Crippen LogP contribution in [0.2, 0.25) is 0 Å². The molecule has 27 heavy (non-hydrogen) atoms. The molecule has 0 radical (unpaired) electrons. The first-order valence-electron chi connectivity index (χ1n) is 8.40. The Morgan fingerprint density at radius 1 is 1.22 bits per heavy atom. The zero-order chi connectivity index (χ0) is 19.0. The van der Waals surface area contributed by atoms with E-state index in [4.69, 9.17) is 0 Å². The zero-order valence-corrected chi connectivity index (χ0v) is 19.3. The predicted octanol–water partition coefficient (Wildman–Crippen LogP) is 2.60. The molecule has 0 aliphatic carbocycles. The molecule has 1 heterocycles. The maximum atomic E-state index is 12.3. The lowest BCUT2D eigenvalue weighted by Gasteiger charge is -2.21. The van der Waals surface area contributed by atoms with Crippen LogP contribution in [0.15, 0.2) is 57.0 Å². The Balaban J connectivity index is 0.00000364. The van der Waals surface area contributed by atoms with Gasteiger partial charge in [-0.05, 0) is 48.4 Å². The van der Waals surface area contributed by atoms with E-state index in [-0.39, 0.29) is 42.8 Å². The van der Waals surface area contributed by atoms with Crippen molar-refractivity contribution >= 4 is 51.1 Å². The second kappa shape index (κ2) is 11.0. The molecule has 0 saturated carbocycles. The molecule has 0 bridgehead atoms. The third-order valence-corrected chi connectivity index (χ3v) is 6.21. The fraction of sp³-hybridized carbons (Fsp3) is 0.389. The Labute approximate surface area is 182 Å². The van der Waals surface area contributed by atoms with E-state index >= 15 is 0 Å². The van der Waals surface area contributed by atoms with Crippen molar-refractivity contribution in [1.82, 2.24) is 10.6 Å². The third kappa shape index (κ3) is 7.40. The maximum Gasteiger partial charge on any atom is 0.191 e. The lowest BCUT2D eigenvalue weighted by atomic mass is 10.00. The van der Waals surface area contributed by atoms with Gasteiger partial charge in [0, 0.05) is 13.1 Å². The lowest BCUT2D eigenvalue weighted by molar-refractivity contribution is 0.0677. The molecular weight excluding hydrogens is 497 g/mol. The van der Waals surface area contributed by atoms with Gasteiger partial charge in [0.15, 0.2) is 15.8 Å². The summed E-state index contributed by atoms with van der Waals surface area (Å²) in [4.78, 5) is 4.70. The summed E-state index contributed by atoms with van der Waals surface area (Å²) < 4.78 is 24.6. The summed E-state index contributed by atoms with van der Waals surface area (Å²) in [7, 11) is -3.34. The largest absolute Gasteiger partial charge is 0.383 e. The van der Waals surface area contributed by atoms with Crippen molar-refractivity contribution in [3.05, 3.63) is 52.7 Å². The number of nitrogens with one attached hydrogen (secondary N) is 2. The molecule has 0 amide bonds.